The minimum absolute atomic E-state index is 0.206. The zero-order valence-electron chi connectivity index (χ0n) is 12.3. The lowest BCUT2D eigenvalue weighted by Crippen LogP contribution is -2.15. The first-order valence-electron chi connectivity index (χ1n) is 7.21. The van der Waals surface area contributed by atoms with Crippen LogP contribution in [0.15, 0.2) is 53.3 Å². The Balaban J connectivity index is 1.67. The van der Waals surface area contributed by atoms with Crippen molar-refractivity contribution in [2.75, 3.05) is 0 Å². The van der Waals surface area contributed by atoms with Crippen molar-refractivity contribution < 1.29 is 0 Å². The van der Waals surface area contributed by atoms with E-state index >= 15 is 0 Å². The second-order valence-corrected chi connectivity index (χ2v) is 5.62. The highest BCUT2D eigenvalue weighted by Crippen LogP contribution is 2.15. The highest BCUT2D eigenvalue weighted by atomic mass is 35.5. The average Bonchev–Trinajstić information content (AvgIpc) is 3.04. The van der Waals surface area contributed by atoms with Gasteiger partial charge < -0.3 is 4.98 Å². The minimum Gasteiger partial charge on any atom is -0.308 e. The van der Waals surface area contributed by atoms with Crippen LogP contribution < -0.4 is 5.56 Å². The Kier molecular flexibility index (Phi) is 3.55. The molecular weight excluding hydrogens is 328 g/mol. The summed E-state index contributed by atoms with van der Waals surface area (Å²) >= 11 is 5.96. The van der Waals surface area contributed by atoms with E-state index in [9.17, 15) is 4.79 Å². The van der Waals surface area contributed by atoms with Gasteiger partial charge in [-0.05, 0) is 23.4 Å². The van der Waals surface area contributed by atoms with Crippen molar-refractivity contribution in [2.45, 2.75) is 6.54 Å². The summed E-state index contributed by atoms with van der Waals surface area (Å²) in [7, 11) is 0. The van der Waals surface area contributed by atoms with E-state index in [4.69, 9.17) is 11.6 Å². The molecule has 0 bridgehead atoms. The molecule has 0 saturated carbocycles. The van der Waals surface area contributed by atoms with Crippen molar-refractivity contribution in [3.63, 3.8) is 0 Å². The van der Waals surface area contributed by atoms with Crippen LogP contribution in [0.2, 0.25) is 5.02 Å². The Morgan fingerprint density at radius 2 is 1.96 bits per heavy atom. The van der Waals surface area contributed by atoms with Crippen LogP contribution in [0.25, 0.3) is 22.3 Å². The maximum absolute atomic E-state index is 12.1. The van der Waals surface area contributed by atoms with Gasteiger partial charge in [0.15, 0.2) is 0 Å². The van der Waals surface area contributed by atoms with Gasteiger partial charge in [0.1, 0.15) is 12.4 Å². The fraction of sp³-hybridized carbons (Fsp3) is 0.0625. The maximum atomic E-state index is 12.1. The lowest BCUT2D eigenvalue weighted by Gasteiger charge is -2.02. The summed E-state index contributed by atoms with van der Waals surface area (Å²) in [5.41, 5.74) is 1.18. The number of nitrogens with zero attached hydrogens (tertiary/aromatic N) is 5. The molecule has 0 aliphatic carbocycles. The standard InChI is InChI=1S/C16H11ClN6O/c17-11-6-7-12-13(8-11)18-14(19-16(12)24)9-23-21-15(20-22-23)10-4-2-1-3-5-10/h1-8H,9H2,(H,18,19,24). The second-order valence-electron chi connectivity index (χ2n) is 5.18. The van der Waals surface area contributed by atoms with E-state index in [0.29, 0.717) is 27.6 Å². The molecule has 118 valence electrons. The lowest BCUT2D eigenvalue weighted by molar-refractivity contribution is 0.555. The Morgan fingerprint density at radius 1 is 1.12 bits per heavy atom. The van der Waals surface area contributed by atoms with Gasteiger partial charge in [0, 0.05) is 10.6 Å². The van der Waals surface area contributed by atoms with Crippen LogP contribution in [0.4, 0.5) is 0 Å². The molecule has 2 heterocycles. The molecule has 0 fully saturated rings. The van der Waals surface area contributed by atoms with Gasteiger partial charge in [-0.3, -0.25) is 4.79 Å². The summed E-state index contributed by atoms with van der Waals surface area (Å²) in [5.74, 6) is 0.952. The topological polar surface area (TPSA) is 89.4 Å². The molecule has 0 amide bonds. The highest BCUT2D eigenvalue weighted by molar-refractivity contribution is 6.31. The number of rotatable bonds is 3. The fourth-order valence-electron chi connectivity index (χ4n) is 2.38. The van der Waals surface area contributed by atoms with Gasteiger partial charge in [-0.25, -0.2) is 4.98 Å². The summed E-state index contributed by atoms with van der Waals surface area (Å²) in [6, 6.07) is 14.5. The van der Waals surface area contributed by atoms with Gasteiger partial charge >= 0.3 is 0 Å². The Morgan fingerprint density at radius 3 is 2.79 bits per heavy atom. The lowest BCUT2D eigenvalue weighted by atomic mass is 10.2. The summed E-state index contributed by atoms with van der Waals surface area (Å²) in [6.45, 7) is 0.206. The Hall–Kier alpha value is -3.06. The van der Waals surface area contributed by atoms with E-state index < -0.39 is 0 Å². The molecule has 0 unspecified atom stereocenters. The van der Waals surface area contributed by atoms with Gasteiger partial charge in [-0.2, -0.15) is 4.80 Å². The third kappa shape index (κ3) is 2.77. The van der Waals surface area contributed by atoms with Crippen LogP contribution in [0, 0.1) is 0 Å². The van der Waals surface area contributed by atoms with Gasteiger partial charge in [0.05, 0.1) is 10.9 Å². The molecule has 7 nitrogen and oxygen atoms in total. The summed E-state index contributed by atoms with van der Waals surface area (Å²) in [5, 5.41) is 13.3. The van der Waals surface area contributed by atoms with E-state index in [1.54, 1.807) is 18.2 Å². The van der Waals surface area contributed by atoms with Crippen molar-refractivity contribution in [1.82, 2.24) is 30.2 Å². The molecule has 0 aliphatic rings. The van der Waals surface area contributed by atoms with Gasteiger partial charge in [0.2, 0.25) is 5.82 Å². The van der Waals surface area contributed by atoms with Gasteiger partial charge in [0.25, 0.3) is 5.56 Å². The number of hydrogen-bond donors (Lipinski definition) is 1. The van der Waals surface area contributed by atoms with E-state index in [-0.39, 0.29) is 12.1 Å². The average molecular weight is 339 g/mol. The van der Waals surface area contributed by atoms with Crippen molar-refractivity contribution in [2.24, 2.45) is 0 Å². The Labute approximate surface area is 140 Å². The Bertz CT molecular complexity index is 1070. The quantitative estimate of drug-likeness (QED) is 0.619. The molecule has 4 aromatic rings. The van der Waals surface area contributed by atoms with Crippen molar-refractivity contribution >= 4 is 22.5 Å². The molecule has 0 atom stereocenters. The number of aromatic nitrogens is 6. The molecule has 0 spiro atoms. The smallest absolute Gasteiger partial charge is 0.258 e. The molecule has 0 aliphatic heterocycles. The number of nitrogens with one attached hydrogen (secondary N) is 1. The molecule has 0 radical (unpaired) electrons. The van der Waals surface area contributed by atoms with Crippen LogP contribution >= 0.6 is 11.6 Å². The number of tetrazole rings is 1. The highest BCUT2D eigenvalue weighted by Gasteiger charge is 2.09. The first kappa shape index (κ1) is 14.5. The third-order valence-corrected chi connectivity index (χ3v) is 3.73. The summed E-state index contributed by atoms with van der Waals surface area (Å²) in [4.78, 5) is 20.6. The van der Waals surface area contributed by atoms with Crippen LogP contribution in [0.3, 0.4) is 0 Å². The van der Waals surface area contributed by atoms with Crippen molar-refractivity contribution in [3.05, 3.63) is 69.7 Å². The first-order chi connectivity index (χ1) is 11.7. The number of benzene rings is 2. The van der Waals surface area contributed by atoms with Gasteiger partial charge in [-0.1, -0.05) is 41.9 Å². The number of aromatic amines is 1. The summed E-state index contributed by atoms with van der Waals surface area (Å²) < 4.78 is 0. The largest absolute Gasteiger partial charge is 0.308 e. The van der Waals surface area contributed by atoms with Crippen LogP contribution in [-0.4, -0.2) is 30.2 Å². The minimum atomic E-state index is -0.227. The van der Waals surface area contributed by atoms with Crippen molar-refractivity contribution in [1.29, 1.82) is 0 Å². The molecule has 1 N–H and O–H groups in total. The molecule has 24 heavy (non-hydrogen) atoms. The van der Waals surface area contributed by atoms with Gasteiger partial charge in [-0.15, -0.1) is 10.2 Å². The second kappa shape index (κ2) is 5.86. The predicted molar refractivity (Wildman–Crippen MR) is 89.7 cm³/mol. The zero-order valence-corrected chi connectivity index (χ0v) is 13.1. The van der Waals surface area contributed by atoms with Crippen LogP contribution in [-0.2, 0) is 6.54 Å². The third-order valence-electron chi connectivity index (χ3n) is 3.49. The molecule has 2 aromatic heterocycles. The fourth-order valence-corrected chi connectivity index (χ4v) is 2.55. The normalized spacial score (nSPS) is 11.0. The molecule has 8 heteroatoms. The van der Waals surface area contributed by atoms with E-state index in [2.05, 4.69) is 25.4 Å². The van der Waals surface area contributed by atoms with Crippen molar-refractivity contribution in [3.8, 4) is 11.4 Å². The van der Waals surface area contributed by atoms with E-state index in [1.165, 1.54) is 4.80 Å². The number of fused-ring (bicyclic) bond motifs is 1. The predicted octanol–water partition coefficient (Wildman–Crippen LogP) is 2.28. The summed E-state index contributed by atoms with van der Waals surface area (Å²) in [6.07, 6.45) is 0. The van der Waals surface area contributed by atoms with Crippen LogP contribution in [0.5, 0.6) is 0 Å². The number of hydrogen-bond acceptors (Lipinski definition) is 5. The van der Waals surface area contributed by atoms with E-state index in [0.717, 1.165) is 5.56 Å². The number of H-pyrrole nitrogens is 1. The molecule has 4 rings (SSSR count). The molecule has 0 saturated heterocycles. The molecular formula is C16H11ClN6O. The molecule has 2 aromatic carbocycles. The zero-order chi connectivity index (χ0) is 16.5. The van der Waals surface area contributed by atoms with E-state index in [1.807, 2.05) is 30.3 Å². The first-order valence-corrected chi connectivity index (χ1v) is 7.58. The van der Waals surface area contributed by atoms with Crippen LogP contribution in [0.1, 0.15) is 5.82 Å². The SMILES string of the molecule is O=c1[nH]c(Cn2nnc(-c3ccccc3)n2)nc2cc(Cl)ccc12. The maximum Gasteiger partial charge on any atom is 0.258 e. The number of halogens is 1. The monoisotopic (exact) mass is 338 g/mol.